The molecular formula is C12H22N6O. The maximum Gasteiger partial charge on any atom is 0.287 e. The van der Waals surface area contributed by atoms with E-state index < -0.39 is 5.91 Å². The Bertz CT molecular complexity index is 432. The lowest BCUT2D eigenvalue weighted by Crippen LogP contribution is -2.40. The van der Waals surface area contributed by atoms with Crippen LogP contribution in [0.25, 0.3) is 0 Å². The molecule has 106 valence electrons. The Morgan fingerprint density at radius 1 is 1.47 bits per heavy atom. The number of amides is 1. The number of aromatic nitrogens is 3. The predicted octanol–water partition coefficient (Wildman–Crippen LogP) is -0.140. The summed E-state index contributed by atoms with van der Waals surface area (Å²) < 4.78 is 1.69. The maximum atomic E-state index is 11.2. The average molecular weight is 266 g/mol. The van der Waals surface area contributed by atoms with Gasteiger partial charge in [-0.3, -0.25) is 14.9 Å². The van der Waals surface area contributed by atoms with Gasteiger partial charge in [-0.15, -0.1) is 5.10 Å². The van der Waals surface area contributed by atoms with Gasteiger partial charge in [-0.25, -0.2) is 5.84 Å². The first-order valence-electron chi connectivity index (χ1n) is 6.73. The Labute approximate surface area is 113 Å². The Kier molecular flexibility index (Phi) is 4.49. The lowest BCUT2D eigenvalue weighted by Gasteiger charge is -2.35. The molecule has 19 heavy (non-hydrogen) atoms. The highest BCUT2D eigenvalue weighted by Crippen LogP contribution is 2.22. The van der Waals surface area contributed by atoms with Crippen LogP contribution in [0.3, 0.4) is 0 Å². The van der Waals surface area contributed by atoms with E-state index in [1.54, 1.807) is 10.9 Å². The number of carbonyl (C=O) groups excluding carboxylic acids is 1. The molecule has 1 aromatic heterocycles. The van der Waals surface area contributed by atoms with E-state index in [-0.39, 0.29) is 5.69 Å². The molecule has 2 unspecified atom stereocenters. The summed E-state index contributed by atoms with van der Waals surface area (Å²) in [6, 6.07) is 0. The minimum absolute atomic E-state index is 0.253. The number of carbonyl (C=O) groups is 1. The molecule has 0 aromatic carbocycles. The summed E-state index contributed by atoms with van der Waals surface area (Å²) in [4.78, 5) is 13.7. The molecule has 0 bridgehead atoms. The van der Waals surface area contributed by atoms with Crippen LogP contribution in [0.4, 0.5) is 0 Å². The molecule has 2 atom stereocenters. The van der Waals surface area contributed by atoms with E-state index in [1.807, 2.05) is 5.43 Å². The van der Waals surface area contributed by atoms with E-state index in [2.05, 4.69) is 29.1 Å². The van der Waals surface area contributed by atoms with Crippen molar-refractivity contribution < 1.29 is 4.79 Å². The van der Waals surface area contributed by atoms with Crippen LogP contribution in [-0.4, -0.2) is 45.4 Å². The van der Waals surface area contributed by atoms with Crippen LogP contribution >= 0.6 is 0 Å². The molecule has 1 aliphatic rings. The fraction of sp³-hybridized carbons (Fsp3) is 0.750. The number of rotatable bonds is 4. The lowest BCUT2D eigenvalue weighted by atomic mass is 9.89. The molecule has 0 spiro atoms. The SMILES string of the molecule is CC1CCN(CCn2cc(C(=O)NN)nn2)CC1C. The van der Waals surface area contributed by atoms with Crippen molar-refractivity contribution in [1.29, 1.82) is 0 Å². The normalized spacial score (nSPS) is 24.4. The Hall–Kier alpha value is -1.47. The van der Waals surface area contributed by atoms with Crippen molar-refractivity contribution in [2.75, 3.05) is 19.6 Å². The van der Waals surface area contributed by atoms with Gasteiger partial charge >= 0.3 is 0 Å². The summed E-state index contributed by atoms with van der Waals surface area (Å²) >= 11 is 0. The summed E-state index contributed by atoms with van der Waals surface area (Å²) in [5.74, 6) is 6.18. The van der Waals surface area contributed by atoms with Crippen molar-refractivity contribution in [2.24, 2.45) is 17.7 Å². The fourth-order valence-electron chi connectivity index (χ4n) is 2.38. The first-order valence-corrected chi connectivity index (χ1v) is 6.73. The predicted molar refractivity (Wildman–Crippen MR) is 71.1 cm³/mol. The van der Waals surface area contributed by atoms with Crippen LogP contribution in [-0.2, 0) is 6.54 Å². The van der Waals surface area contributed by atoms with Crippen LogP contribution in [0.1, 0.15) is 30.8 Å². The molecule has 0 radical (unpaired) electrons. The van der Waals surface area contributed by atoms with Gasteiger partial charge in [0.05, 0.1) is 12.7 Å². The van der Waals surface area contributed by atoms with Gasteiger partial charge in [0, 0.05) is 13.1 Å². The minimum Gasteiger partial charge on any atom is -0.301 e. The van der Waals surface area contributed by atoms with Gasteiger partial charge in [0.25, 0.3) is 5.91 Å². The molecule has 1 aromatic rings. The summed E-state index contributed by atoms with van der Waals surface area (Å²) in [7, 11) is 0. The molecule has 1 saturated heterocycles. The van der Waals surface area contributed by atoms with Crippen molar-refractivity contribution in [3.63, 3.8) is 0 Å². The zero-order chi connectivity index (χ0) is 13.8. The number of nitrogen functional groups attached to an aromatic ring is 1. The Balaban J connectivity index is 1.82. The molecule has 7 heteroatoms. The molecule has 2 rings (SSSR count). The topological polar surface area (TPSA) is 89.1 Å². The highest BCUT2D eigenvalue weighted by Gasteiger charge is 2.22. The number of nitrogens with one attached hydrogen (secondary N) is 1. The van der Waals surface area contributed by atoms with E-state index in [0.717, 1.165) is 38.0 Å². The van der Waals surface area contributed by atoms with Gasteiger partial charge in [0.1, 0.15) is 0 Å². The second-order valence-electron chi connectivity index (χ2n) is 5.38. The third kappa shape index (κ3) is 3.51. The van der Waals surface area contributed by atoms with E-state index in [1.165, 1.54) is 6.42 Å². The summed E-state index contributed by atoms with van der Waals surface area (Å²) in [5.41, 5.74) is 2.30. The number of hydrogen-bond acceptors (Lipinski definition) is 5. The summed E-state index contributed by atoms with van der Waals surface area (Å²) in [6.45, 7) is 8.56. The van der Waals surface area contributed by atoms with Crippen LogP contribution in [0.15, 0.2) is 6.20 Å². The third-order valence-corrected chi connectivity index (χ3v) is 3.97. The lowest BCUT2D eigenvalue weighted by molar-refractivity contribution is 0.0948. The van der Waals surface area contributed by atoms with Crippen LogP contribution in [0.2, 0.25) is 0 Å². The van der Waals surface area contributed by atoms with Crippen molar-refractivity contribution in [1.82, 2.24) is 25.3 Å². The summed E-state index contributed by atoms with van der Waals surface area (Å²) in [6.07, 6.45) is 2.87. The molecule has 0 saturated carbocycles. The molecule has 2 heterocycles. The molecule has 3 N–H and O–H groups in total. The number of hydrogen-bond donors (Lipinski definition) is 2. The highest BCUT2D eigenvalue weighted by atomic mass is 16.2. The molecule has 1 fully saturated rings. The van der Waals surface area contributed by atoms with E-state index in [9.17, 15) is 4.79 Å². The first-order chi connectivity index (χ1) is 9.10. The van der Waals surface area contributed by atoms with Crippen molar-refractivity contribution in [3.05, 3.63) is 11.9 Å². The van der Waals surface area contributed by atoms with Gasteiger partial charge < -0.3 is 4.90 Å². The third-order valence-electron chi connectivity index (χ3n) is 3.97. The van der Waals surface area contributed by atoms with Gasteiger partial charge in [-0.2, -0.15) is 0 Å². The van der Waals surface area contributed by atoms with E-state index >= 15 is 0 Å². The summed E-state index contributed by atoms with van der Waals surface area (Å²) in [5, 5.41) is 7.71. The second-order valence-corrected chi connectivity index (χ2v) is 5.38. The average Bonchev–Trinajstić information content (AvgIpc) is 2.88. The van der Waals surface area contributed by atoms with Gasteiger partial charge in [-0.1, -0.05) is 19.1 Å². The monoisotopic (exact) mass is 266 g/mol. The molecule has 7 nitrogen and oxygen atoms in total. The van der Waals surface area contributed by atoms with Crippen molar-refractivity contribution in [2.45, 2.75) is 26.8 Å². The number of likely N-dealkylation sites (tertiary alicyclic amines) is 1. The maximum absolute atomic E-state index is 11.2. The van der Waals surface area contributed by atoms with Crippen molar-refractivity contribution in [3.8, 4) is 0 Å². The first kappa shape index (κ1) is 14.0. The van der Waals surface area contributed by atoms with Crippen LogP contribution in [0, 0.1) is 11.8 Å². The smallest absolute Gasteiger partial charge is 0.287 e. The standard InChI is InChI=1S/C12H22N6O/c1-9-3-4-17(7-10(9)2)5-6-18-8-11(15-16-18)12(19)14-13/h8-10H,3-7,13H2,1-2H3,(H,14,19). The van der Waals surface area contributed by atoms with Crippen LogP contribution < -0.4 is 11.3 Å². The van der Waals surface area contributed by atoms with Crippen LogP contribution in [0.5, 0.6) is 0 Å². The second kappa shape index (κ2) is 6.12. The highest BCUT2D eigenvalue weighted by molar-refractivity contribution is 5.91. The van der Waals surface area contributed by atoms with Crippen molar-refractivity contribution >= 4 is 5.91 Å². The van der Waals surface area contributed by atoms with Gasteiger partial charge in [0.2, 0.25) is 0 Å². The number of hydrazine groups is 1. The number of nitrogens with two attached hydrogens (primary N) is 1. The molecule has 1 aliphatic heterocycles. The fourth-order valence-corrected chi connectivity index (χ4v) is 2.38. The molecular weight excluding hydrogens is 244 g/mol. The zero-order valence-corrected chi connectivity index (χ0v) is 11.5. The zero-order valence-electron chi connectivity index (χ0n) is 11.5. The minimum atomic E-state index is -0.410. The van der Waals surface area contributed by atoms with Gasteiger partial charge in [-0.05, 0) is 24.8 Å². The quantitative estimate of drug-likeness (QED) is 0.450. The molecule has 0 aliphatic carbocycles. The Morgan fingerprint density at radius 2 is 2.26 bits per heavy atom. The van der Waals surface area contributed by atoms with E-state index in [4.69, 9.17) is 5.84 Å². The number of nitrogens with zero attached hydrogens (tertiary/aromatic N) is 4. The Morgan fingerprint density at radius 3 is 2.95 bits per heavy atom. The number of piperidine rings is 1. The van der Waals surface area contributed by atoms with E-state index in [0.29, 0.717) is 0 Å². The van der Waals surface area contributed by atoms with Gasteiger partial charge in [0.15, 0.2) is 5.69 Å². The largest absolute Gasteiger partial charge is 0.301 e. The molecule has 1 amide bonds.